The molecule has 2 rings (SSSR count). The highest BCUT2D eigenvalue weighted by molar-refractivity contribution is 9.10. The fourth-order valence-corrected chi connectivity index (χ4v) is 2.48. The first-order chi connectivity index (χ1) is 8.17. The van der Waals surface area contributed by atoms with Crippen molar-refractivity contribution in [1.82, 2.24) is 9.97 Å². The summed E-state index contributed by atoms with van der Waals surface area (Å²) in [5.41, 5.74) is 1.12. The van der Waals surface area contributed by atoms with Gasteiger partial charge in [0.25, 0.3) is 0 Å². The van der Waals surface area contributed by atoms with Crippen molar-refractivity contribution in [3.05, 3.63) is 16.0 Å². The van der Waals surface area contributed by atoms with E-state index < -0.39 is 0 Å². The third-order valence-electron chi connectivity index (χ3n) is 2.88. The molecule has 1 aliphatic carbocycles. The van der Waals surface area contributed by atoms with E-state index in [2.05, 4.69) is 31.2 Å². The van der Waals surface area contributed by atoms with Gasteiger partial charge in [-0.25, -0.2) is 9.97 Å². The number of hydrogen-bond donors (Lipinski definition) is 1. The second-order valence-corrected chi connectivity index (χ2v) is 5.04. The summed E-state index contributed by atoms with van der Waals surface area (Å²) < 4.78 is 6.55. The first-order valence-corrected chi connectivity index (χ1v) is 6.83. The molecule has 1 N–H and O–H groups in total. The Hall–Kier alpha value is -0.680. The molecule has 0 radical (unpaired) electrons. The van der Waals surface area contributed by atoms with E-state index in [0.717, 1.165) is 21.8 Å². The van der Waals surface area contributed by atoms with Crippen LogP contribution < -0.4 is 5.32 Å². The van der Waals surface area contributed by atoms with Crippen LogP contribution in [-0.4, -0.2) is 23.6 Å². The molecular weight excluding hydrogens is 282 g/mol. The Balaban J connectivity index is 2.35. The zero-order valence-electron chi connectivity index (χ0n) is 10.5. The fraction of sp³-hybridized carbons (Fsp3) is 0.667. The number of rotatable bonds is 5. The Morgan fingerprint density at radius 2 is 2.18 bits per heavy atom. The molecule has 1 heterocycles. The molecule has 0 bridgehead atoms. The van der Waals surface area contributed by atoms with E-state index in [1.807, 2.05) is 20.9 Å². The molecule has 94 valence electrons. The van der Waals surface area contributed by atoms with E-state index in [9.17, 15) is 0 Å². The van der Waals surface area contributed by atoms with Crippen molar-refractivity contribution in [3.8, 4) is 0 Å². The van der Waals surface area contributed by atoms with Crippen molar-refractivity contribution in [3.63, 3.8) is 0 Å². The molecule has 4 nitrogen and oxygen atoms in total. The van der Waals surface area contributed by atoms with Gasteiger partial charge in [0, 0.05) is 19.6 Å². The van der Waals surface area contributed by atoms with Gasteiger partial charge in [-0.2, -0.15) is 0 Å². The molecule has 1 unspecified atom stereocenters. The van der Waals surface area contributed by atoms with Crippen LogP contribution in [0.5, 0.6) is 0 Å². The minimum absolute atomic E-state index is 0.0577. The zero-order valence-corrected chi connectivity index (χ0v) is 12.0. The number of halogens is 1. The summed E-state index contributed by atoms with van der Waals surface area (Å²) in [6.45, 7) is 4.65. The molecule has 17 heavy (non-hydrogen) atoms. The number of hydrogen-bond acceptors (Lipinski definition) is 4. The summed E-state index contributed by atoms with van der Waals surface area (Å²) in [6.07, 6.45) is 2.39. The van der Waals surface area contributed by atoms with E-state index in [0.29, 0.717) is 12.5 Å². The first kappa shape index (κ1) is 12.8. The van der Waals surface area contributed by atoms with Crippen molar-refractivity contribution in [2.45, 2.75) is 38.7 Å². The van der Waals surface area contributed by atoms with Gasteiger partial charge in [0.2, 0.25) is 0 Å². The summed E-state index contributed by atoms with van der Waals surface area (Å²) in [5, 5.41) is 3.10. The Bertz CT molecular complexity index is 407. The van der Waals surface area contributed by atoms with Gasteiger partial charge in [0.05, 0.1) is 10.2 Å². The van der Waals surface area contributed by atoms with Crippen LogP contribution in [0.15, 0.2) is 4.47 Å². The Labute approximate surface area is 110 Å². The summed E-state index contributed by atoms with van der Waals surface area (Å²) in [4.78, 5) is 9.12. The minimum atomic E-state index is -0.0577. The number of nitrogens with zero attached hydrogens (tertiary/aromatic N) is 2. The van der Waals surface area contributed by atoms with E-state index >= 15 is 0 Å². The SMILES string of the molecule is CCOC(C)c1nc(NC)c(Br)c(C2CC2)n1. The first-order valence-electron chi connectivity index (χ1n) is 6.04. The molecule has 1 aromatic rings. The predicted molar refractivity (Wildman–Crippen MR) is 71.3 cm³/mol. The highest BCUT2D eigenvalue weighted by atomic mass is 79.9. The molecule has 1 saturated carbocycles. The van der Waals surface area contributed by atoms with Crippen LogP contribution in [0.2, 0.25) is 0 Å². The molecule has 0 aliphatic heterocycles. The lowest BCUT2D eigenvalue weighted by Gasteiger charge is -2.15. The van der Waals surface area contributed by atoms with Gasteiger partial charge in [-0.05, 0) is 42.6 Å². The second-order valence-electron chi connectivity index (χ2n) is 4.25. The standard InChI is InChI=1S/C12H18BrN3O/c1-4-17-7(2)11-15-10(8-5-6-8)9(13)12(14-3)16-11/h7-8H,4-6H2,1-3H3,(H,14,15,16). The van der Waals surface area contributed by atoms with E-state index in [1.165, 1.54) is 12.8 Å². The van der Waals surface area contributed by atoms with E-state index in [-0.39, 0.29) is 6.10 Å². The Kier molecular flexibility index (Phi) is 3.99. The van der Waals surface area contributed by atoms with E-state index in [4.69, 9.17) is 4.74 Å². The predicted octanol–water partition coefficient (Wildman–Crippen LogP) is 3.26. The lowest BCUT2D eigenvalue weighted by Crippen LogP contribution is -2.10. The summed E-state index contributed by atoms with van der Waals surface area (Å²) >= 11 is 3.58. The summed E-state index contributed by atoms with van der Waals surface area (Å²) in [5.74, 6) is 2.21. The zero-order chi connectivity index (χ0) is 12.4. The monoisotopic (exact) mass is 299 g/mol. The molecule has 0 saturated heterocycles. The molecule has 1 aliphatic rings. The largest absolute Gasteiger partial charge is 0.372 e. The molecule has 1 aromatic heterocycles. The second kappa shape index (κ2) is 5.31. The third-order valence-corrected chi connectivity index (χ3v) is 3.66. The van der Waals surface area contributed by atoms with Crippen LogP contribution in [0.3, 0.4) is 0 Å². The van der Waals surface area contributed by atoms with Gasteiger partial charge >= 0.3 is 0 Å². The van der Waals surface area contributed by atoms with Gasteiger partial charge in [-0.1, -0.05) is 0 Å². The number of anilines is 1. The fourth-order valence-electron chi connectivity index (χ4n) is 1.78. The van der Waals surface area contributed by atoms with Gasteiger partial charge in [-0.15, -0.1) is 0 Å². The van der Waals surface area contributed by atoms with Crippen molar-refractivity contribution >= 4 is 21.7 Å². The molecular formula is C12H18BrN3O. The average molecular weight is 300 g/mol. The minimum Gasteiger partial charge on any atom is -0.372 e. The van der Waals surface area contributed by atoms with Crippen molar-refractivity contribution in [1.29, 1.82) is 0 Å². The van der Waals surface area contributed by atoms with Crippen molar-refractivity contribution in [2.75, 3.05) is 19.0 Å². The summed E-state index contributed by atoms with van der Waals surface area (Å²) in [6, 6.07) is 0. The van der Waals surface area contributed by atoms with Crippen LogP contribution in [-0.2, 0) is 4.74 Å². The average Bonchev–Trinajstić information content (AvgIpc) is 3.13. The quantitative estimate of drug-likeness (QED) is 0.906. The van der Waals surface area contributed by atoms with Crippen LogP contribution in [0.1, 0.15) is 50.2 Å². The third kappa shape index (κ3) is 2.77. The smallest absolute Gasteiger partial charge is 0.159 e. The maximum atomic E-state index is 5.55. The summed E-state index contributed by atoms with van der Waals surface area (Å²) in [7, 11) is 1.87. The highest BCUT2D eigenvalue weighted by Crippen LogP contribution is 2.44. The van der Waals surface area contributed by atoms with Crippen LogP contribution in [0.4, 0.5) is 5.82 Å². The number of ether oxygens (including phenoxy) is 1. The molecule has 0 spiro atoms. The highest BCUT2D eigenvalue weighted by Gasteiger charge is 2.30. The molecule has 0 aromatic carbocycles. The van der Waals surface area contributed by atoms with Gasteiger partial charge in [-0.3, -0.25) is 0 Å². The van der Waals surface area contributed by atoms with Crippen molar-refractivity contribution in [2.24, 2.45) is 0 Å². The molecule has 0 amide bonds. The Morgan fingerprint density at radius 1 is 1.47 bits per heavy atom. The van der Waals surface area contributed by atoms with Crippen LogP contribution in [0.25, 0.3) is 0 Å². The lowest BCUT2D eigenvalue weighted by atomic mass is 10.2. The number of nitrogens with one attached hydrogen (secondary N) is 1. The molecule has 1 fully saturated rings. The number of aromatic nitrogens is 2. The topological polar surface area (TPSA) is 47.0 Å². The normalized spacial score (nSPS) is 16.9. The maximum Gasteiger partial charge on any atom is 0.159 e. The maximum absolute atomic E-state index is 5.55. The van der Waals surface area contributed by atoms with Crippen molar-refractivity contribution < 1.29 is 4.74 Å². The molecule has 1 atom stereocenters. The van der Waals surface area contributed by atoms with Gasteiger partial charge in [0.15, 0.2) is 5.82 Å². The van der Waals surface area contributed by atoms with Crippen LogP contribution >= 0.6 is 15.9 Å². The Morgan fingerprint density at radius 3 is 2.71 bits per heavy atom. The van der Waals surface area contributed by atoms with Gasteiger partial charge < -0.3 is 10.1 Å². The van der Waals surface area contributed by atoms with Crippen LogP contribution in [0, 0.1) is 0 Å². The van der Waals surface area contributed by atoms with E-state index in [1.54, 1.807) is 0 Å². The lowest BCUT2D eigenvalue weighted by molar-refractivity contribution is 0.0699. The van der Waals surface area contributed by atoms with Gasteiger partial charge in [0.1, 0.15) is 11.9 Å². The molecule has 5 heteroatoms.